The summed E-state index contributed by atoms with van der Waals surface area (Å²) in [6, 6.07) is 13.6. The topological polar surface area (TPSA) is 47.3 Å². The van der Waals surface area contributed by atoms with Gasteiger partial charge in [0, 0.05) is 10.6 Å². The molecule has 0 fully saturated rings. The number of nitrogens with zero attached hydrogens (tertiary/aromatic N) is 3. The molecule has 0 amide bonds. The summed E-state index contributed by atoms with van der Waals surface area (Å²) >= 11 is 7.03. The van der Waals surface area contributed by atoms with Crippen LogP contribution < -0.4 is 10.1 Å². The summed E-state index contributed by atoms with van der Waals surface area (Å²) in [7, 11) is 0. The van der Waals surface area contributed by atoms with Crippen molar-refractivity contribution in [2.75, 3.05) is 0 Å². The highest BCUT2D eigenvalue weighted by Gasteiger charge is 2.09. The Labute approximate surface area is 156 Å². The second kappa shape index (κ2) is 6.82. The molecule has 128 valence electrons. The minimum Gasteiger partial charge on any atom is -0.266 e. The molecule has 4 nitrogen and oxygen atoms in total. The summed E-state index contributed by atoms with van der Waals surface area (Å²) < 4.78 is 15.4. The fraction of sp³-hybridized carbons (Fsp3) is 0. The highest BCUT2D eigenvalue weighted by atomic mass is 35.5. The van der Waals surface area contributed by atoms with Crippen LogP contribution >= 0.6 is 22.9 Å². The molecule has 0 aliphatic heterocycles. The molecule has 0 radical (unpaired) electrons. The van der Waals surface area contributed by atoms with Crippen molar-refractivity contribution < 1.29 is 4.39 Å². The smallest absolute Gasteiger partial charge is 0.266 e. The number of aromatic nitrogens is 3. The molecule has 0 aliphatic carbocycles. The third kappa shape index (κ3) is 3.29. The SMILES string of the molecule is O=c1/c(=C/c2ccccc2F)sc2nc(/C=C/c3ccc(Cl)cc3)nn12. The largest absolute Gasteiger partial charge is 0.291 e. The lowest BCUT2D eigenvalue weighted by atomic mass is 10.2. The fourth-order valence-corrected chi connectivity index (χ4v) is 3.43. The summed E-state index contributed by atoms with van der Waals surface area (Å²) in [4.78, 5) is 17.2. The van der Waals surface area contributed by atoms with Gasteiger partial charge >= 0.3 is 0 Å². The van der Waals surface area contributed by atoms with Crippen LogP contribution in [0, 0.1) is 5.82 Å². The van der Waals surface area contributed by atoms with E-state index in [1.165, 1.54) is 28.0 Å². The molecule has 7 heteroatoms. The number of hydrogen-bond acceptors (Lipinski definition) is 4. The molecular weight excluding hydrogens is 373 g/mol. The molecule has 2 aromatic carbocycles. The second-order valence-corrected chi connectivity index (χ2v) is 6.93. The van der Waals surface area contributed by atoms with Gasteiger partial charge in [0.2, 0.25) is 4.96 Å². The second-order valence-electron chi connectivity index (χ2n) is 5.49. The van der Waals surface area contributed by atoms with Crippen LogP contribution in [0.2, 0.25) is 5.02 Å². The van der Waals surface area contributed by atoms with E-state index in [1.807, 2.05) is 18.2 Å². The van der Waals surface area contributed by atoms with Gasteiger partial charge in [0.25, 0.3) is 5.56 Å². The summed E-state index contributed by atoms with van der Waals surface area (Å²) in [6.07, 6.45) is 5.08. The first-order valence-corrected chi connectivity index (χ1v) is 8.89. The molecule has 0 saturated carbocycles. The molecule has 0 aliphatic rings. The Morgan fingerprint density at radius 2 is 1.85 bits per heavy atom. The molecule has 0 saturated heterocycles. The van der Waals surface area contributed by atoms with Crippen LogP contribution in [0.15, 0.2) is 53.3 Å². The van der Waals surface area contributed by atoms with Crippen LogP contribution in [0.3, 0.4) is 0 Å². The number of halogens is 2. The van der Waals surface area contributed by atoms with Gasteiger partial charge in [-0.25, -0.2) is 4.39 Å². The number of benzene rings is 2. The standard InChI is InChI=1S/C19H11ClFN3OS/c20-14-8-5-12(6-9-14)7-10-17-22-19-24(23-17)18(25)16(26-19)11-13-3-1-2-4-15(13)21/h1-11H/b10-7+,16-11-. The molecule has 0 atom stereocenters. The molecule has 0 bridgehead atoms. The van der Waals surface area contributed by atoms with Gasteiger partial charge < -0.3 is 0 Å². The molecule has 0 N–H and O–H groups in total. The average Bonchev–Trinajstić information content (AvgIpc) is 3.16. The Kier molecular flexibility index (Phi) is 4.36. The average molecular weight is 384 g/mol. The maximum absolute atomic E-state index is 13.8. The summed E-state index contributed by atoms with van der Waals surface area (Å²) in [6.45, 7) is 0. The van der Waals surface area contributed by atoms with E-state index in [4.69, 9.17) is 11.6 Å². The number of fused-ring (bicyclic) bond motifs is 1. The van der Waals surface area contributed by atoms with Crippen LogP contribution in [0.1, 0.15) is 17.0 Å². The lowest BCUT2D eigenvalue weighted by molar-refractivity contribution is 0.625. The molecule has 26 heavy (non-hydrogen) atoms. The zero-order valence-corrected chi connectivity index (χ0v) is 14.8. The van der Waals surface area contributed by atoms with Crippen LogP contribution in [0.5, 0.6) is 0 Å². The molecule has 4 aromatic rings. The Morgan fingerprint density at radius 3 is 2.58 bits per heavy atom. The van der Waals surface area contributed by atoms with Gasteiger partial charge in [-0.15, -0.1) is 5.10 Å². The van der Waals surface area contributed by atoms with E-state index in [2.05, 4.69) is 10.1 Å². The van der Waals surface area contributed by atoms with Crippen molar-refractivity contribution in [2.24, 2.45) is 0 Å². The zero-order chi connectivity index (χ0) is 18.1. The molecule has 0 spiro atoms. The molecule has 4 rings (SSSR count). The van der Waals surface area contributed by atoms with E-state index in [-0.39, 0.29) is 11.4 Å². The first-order valence-electron chi connectivity index (χ1n) is 7.70. The van der Waals surface area contributed by atoms with Crippen molar-refractivity contribution in [3.05, 3.63) is 91.2 Å². The third-order valence-electron chi connectivity index (χ3n) is 3.68. The highest BCUT2D eigenvalue weighted by molar-refractivity contribution is 7.15. The molecule has 0 unspecified atom stereocenters. The summed E-state index contributed by atoms with van der Waals surface area (Å²) in [5.41, 5.74) is 0.993. The first kappa shape index (κ1) is 16.6. The van der Waals surface area contributed by atoms with Crippen molar-refractivity contribution in [1.29, 1.82) is 0 Å². The third-order valence-corrected chi connectivity index (χ3v) is 4.90. The van der Waals surface area contributed by atoms with Gasteiger partial charge in [-0.2, -0.15) is 9.50 Å². The Balaban J connectivity index is 1.69. The number of hydrogen-bond donors (Lipinski definition) is 0. The monoisotopic (exact) mass is 383 g/mol. The molecule has 2 heterocycles. The molecular formula is C19H11ClFN3OS. The highest BCUT2D eigenvalue weighted by Crippen LogP contribution is 2.12. The van der Waals surface area contributed by atoms with Gasteiger partial charge in [-0.05, 0) is 35.9 Å². The van der Waals surface area contributed by atoms with Crippen molar-refractivity contribution in [3.8, 4) is 0 Å². The summed E-state index contributed by atoms with van der Waals surface area (Å²) in [5, 5.41) is 4.87. The number of rotatable bonds is 3. The maximum atomic E-state index is 13.8. The quantitative estimate of drug-likeness (QED) is 0.542. The maximum Gasteiger partial charge on any atom is 0.291 e. The molecule has 2 aromatic heterocycles. The van der Waals surface area contributed by atoms with E-state index in [0.717, 1.165) is 5.56 Å². The van der Waals surface area contributed by atoms with Gasteiger partial charge in [0.15, 0.2) is 5.82 Å². The normalized spacial score (nSPS) is 12.5. The predicted molar refractivity (Wildman–Crippen MR) is 103 cm³/mol. The van der Waals surface area contributed by atoms with E-state index in [1.54, 1.807) is 36.4 Å². The van der Waals surface area contributed by atoms with Crippen LogP contribution in [0.4, 0.5) is 4.39 Å². The van der Waals surface area contributed by atoms with Crippen molar-refractivity contribution in [3.63, 3.8) is 0 Å². The van der Waals surface area contributed by atoms with Crippen molar-refractivity contribution in [1.82, 2.24) is 14.6 Å². The van der Waals surface area contributed by atoms with E-state index in [0.29, 0.717) is 25.9 Å². The van der Waals surface area contributed by atoms with Gasteiger partial charge in [0.1, 0.15) is 5.82 Å². The number of thiazole rings is 1. The minimum absolute atomic E-state index is 0.313. The summed E-state index contributed by atoms with van der Waals surface area (Å²) in [5.74, 6) is 0.0539. The van der Waals surface area contributed by atoms with Crippen molar-refractivity contribution in [2.45, 2.75) is 0 Å². The van der Waals surface area contributed by atoms with Gasteiger partial charge in [0.05, 0.1) is 4.53 Å². The predicted octanol–water partition coefficient (Wildman–Crippen LogP) is 3.66. The fourth-order valence-electron chi connectivity index (χ4n) is 2.40. The van der Waals surface area contributed by atoms with Gasteiger partial charge in [-0.1, -0.05) is 59.3 Å². The van der Waals surface area contributed by atoms with Crippen molar-refractivity contribution >= 4 is 46.1 Å². The Hall–Kier alpha value is -2.83. The van der Waals surface area contributed by atoms with Crippen LogP contribution in [0.25, 0.3) is 23.2 Å². The van der Waals surface area contributed by atoms with Gasteiger partial charge in [-0.3, -0.25) is 4.79 Å². The van der Waals surface area contributed by atoms with E-state index in [9.17, 15) is 9.18 Å². The van der Waals surface area contributed by atoms with E-state index >= 15 is 0 Å². The Morgan fingerprint density at radius 1 is 1.08 bits per heavy atom. The van der Waals surface area contributed by atoms with Crippen LogP contribution in [-0.2, 0) is 0 Å². The van der Waals surface area contributed by atoms with E-state index < -0.39 is 0 Å². The Bertz CT molecular complexity index is 1230. The zero-order valence-electron chi connectivity index (χ0n) is 13.3. The lowest BCUT2D eigenvalue weighted by Crippen LogP contribution is -2.23. The minimum atomic E-state index is -0.377. The lowest BCUT2D eigenvalue weighted by Gasteiger charge is -1.92. The first-order chi connectivity index (χ1) is 12.6. The van der Waals surface area contributed by atoms with Crippen LogP contribution in [-0.4, -0.2) is 14.6 Å².